The number of alkyl halides is 1. The van der Waals surface area contributed by atoms with E-state index in [-0.39, 0.29) is 17.0 Å². The van der Waals surface area contributed by atoms with Gasteiger partial charge in [0.05, 0.1) is 12.0 Å². The predicted octanol–water partition coefficient (Wildman–Crippen LogP) is 2.03. The van der Waals surface area contributed by atoms with Crippen molar-refractivity contribution >= 4 is 17.5 Å². The Labute approximate surface area is 112 Å². The topological polar surface area (TPSA) is 49.8 Å². The highest BCUT2D eigenvalue weighted by Gasteiger charge is 2.16. The van der Waals surface area contributed by atoms with E-state index in [2.05, 4.69) is 0 Å². The van der Waals surface area contributed by atoms with Crippen LogP contribution in [0.3, 0.4) is 0 Å². The lowest BCUT2D eigenvalue weighted by Crippen LogP contribution is -2.33. The van der Waals surface area contributed by atoms with Gasteiger partial charge in [-0.3, -0.25) is 4.79 Å². The fraction of sp³-hybridized carbons (Fsp3) is 0.462. The maximum absolute atomic E-state index is 12.1. The summed E-state index contributed by atoms with van der Waals surface area (Å²) in [6.07, 6.45) is 0. The Morgan fingerprint density at radius 1 is 1.56 bits per heavy atom. The summed E-state index contributed by atoms with van der Waals surface area (Å²) in [5.74, 6) is -0.0550. The van der Waals surface area contributed by atoms with Gasteiger partial charge in [-0.2, -0.15) is 0 Å². The quantitative estimate of drug-likeness (QED) is 0.834. The van der Waals surface area contributed by atoms with E-state index in [9.17, 15) is 9.90 Å². The van der Waals surface area contributed by atoms with Crippen LogP contribution in [0.5, 0.6) is 5.75 Å². The Bertz CT molecular complexity index is 423. The minimum atomic E-state index is -0.247. The van der Waals surface area contributed by atoms with Crippen LogP contribution in [0.15, 0.2) is 18.2 Å². The molecular formula is C13H18ClNO3. The molecule has 0 heterocycles. The number of carbonyl (C=O) groups excluding carboxylic acids is 1. The number of halogens is 1. The Hall–Kier alpha value is -1.26. The molecule has 0 fully saturated rings. The molecule has 1 rings (SSSR count). The zero-order valence-corrected chi connectivity index (χ0v) is 11.6. The number of carbonyl (C=O) groups is 1. The van der Waals surface area contributed by atoms with E-state index in [0.29, 0.717) is 18.7 Å². The van der Waals surface area contributed by atoms with Gasteiger partial charge >= 0.3 is 0 Å². The largest absolute Gasteiger partial charge is 0.508 e. The van der Waals surface area contributed by atoms with Crippen LogP contribution in [-0.4, -0.2) is 48.6 Å². The minimum Gasteiger partial charge on any atom is -0.508 e. The van der Waals surface area contributed by atoms with E-state index in [1.54, 1.807) is 33.2 Å². The molecule has 0 saturated carbocycles. The molecule has 1 unspecified atom stereocenters. The van der Waals surface area contributed by atoms with Crippen molar-refractivity contribution in [1.29, 1.82) is 0 Å². The van der Waals surface area contributed by atoms with E-state index in [1.165, 1.54) is 11.0 Å². The highest BCUT2D eigenvalue weighted by atomic mass is 35.5. The summed E-state index contributed by atoms with van der Waals surface area (Å²) in [6, 6.07) is 4.87. The maximum Gasteiger partial charge on any atom is 0.253 e. The molecule has 0 spiro atoms. The molecule has 1 amide bonds. The molecule has 0 saturated heterocycles. The van der Waals surface area contributed by atoms with E-state index < -0.39 is 0 Å². The molecular weight excluding hydrogens is 254 g/mol. The number of methoxy groups -OCH3 is 1. The number of hydrogen-bond acceptors (Lipinski definition) is 3. The smallest absolute Gasteiger partial charge is 0.253 e. The number of hydrogen-bond donors (Lipinski definition) is 1. The van der Waals surface area contributed by atoms with Crippen molar-refractivity contribution in [3.8, 4) is 5.75 Å². The SMILES string of the molecule is COCC(Cl)CN(C)C(=O)c1ccc(C)c(O)c1. The molecule has 0 radical (unpaired) electrons. The zero-order chi connectivity index (χ0) is 13.7. The van der Waals surface area contributed by atoms with E-state index >= 15 is 0 Å². The number of ether oxygens (including phenoxy) is 1. The lowest BCUT2D eigenvalue weighted by Gasteiger charge is -2.20. The van der Waals surface area contributed by atoms with Gasteiger partial charge in [0, 0.05) is 26.3 Å². The van der Waals surface area contributed by atoms with Gasteiger partial charge in [-0.1, -0.05) is 6.07 Å². The molecule has 18 heavy (non-hydrogen) atoms. The summed E-state index contributed by atoms with van der Waals surface area (Å²) >= 11 is 6.00. The molecule has 5 heteroatoms. The zero-order valence-electron chi connectivity index (χ0n) is 10.8. The molecule has 0 aliphatic heterocycles. The van der Waals surface area contributed by atoms with Gasteiger partial charge in [-0.05, 0) is 24.6 Å². The second-order valence-corrected chi connectivity index (χ2v) is 4.86. The van der Waals surface area contributed by atoms with Gasteiger partial charge < -0.3 is 14.7 Å². The van der Waals surface area contributed by atoms with E-state index in [0.717, 1.165) is 5.56 Å². The normalized spacial score (nSPS) is 12.2. The van der Waals surface area contributed by atoms with Gasteiger partial charge in [0.2, 0.25) is 0 Å². The highest BCUT2D eigenvalue weighted by molar-refractivity contribution is 6.21. The summed E-state index contributed by atoms with van der Waals surface area (Å²) in [5.41, 5.74) is 1.19. The third-order valence-corrected chi connectivity index (χ3v) is 2.89. The third-order valence-electron chi connectivity index (χ3n) is 2.62. The third kappa shape index (κ3) is 3.89. The molecule has 100 valence electrons. The monoisotopic (exact) mass is 271 g/mol. The van der Waals surface area contributed by atoms with Gasteiger partial charge in [0.25, 0.3) is 5.91 Å². The predicted molar refractivity (Wildman–Crippen MR) is 71.3 cm³/mol. The number of rotatable bonds is 5. The maximum atomic E-state index is 12.1. The molecule has 1 aromatic carbocycles. The first-order valence-corrected chi connectivity index (χ1v) is 6.07. The Morgan fingerprint density at radius 3 is 2.78 bits per heavy atom. The van der Waals surface area contributed by atoms with Crippen LogP contribution in [-0.2, 0) is 4.74 Å². The van der Waals surface area contributed by atoms with Crippen molar-refractivity contribution in [1.82, 2.24) is 4.90 Å². The number of phenols is 1. The molecule has 1 atom stereocenters. The number of benzene rings is 1. The van der Waals surface area contributed by atoms with Crippen molar-refractivity contribution in [2.45, 2.75) is 12.3 Å². The summed E-state index contributed by atoms with van der Waals surface area (Å²) < 4.78 is 4.91. The fourth-order valence-electron chi connectivity index (χ4n) is 1.58. The van der Waals surface area contributed by atoms with Crippen molar-refractivity contribution < 1.29 is 14.6 Å². The first-order valence-electron chi connectivity index (χ1n) is 5.63. The number of amides is 1. The lowest BCUT2D eigenvalue weighted by molar-refractivity contribution is 0.0781. The summed E-state index contributed by atoms with van der Waals surface area (Å²) in [5, 5.41) is 9.33. The summed E-state index contributed by atoms with van der Waals surface area (Å²) in [7, 11) is 3.24. The highest BCUT2D eigenvalue weighted by Crippen LogP contribution is 2.18. The number of phenolic OH excluding ortho intramolecular Hbond substituents is 1. The Kier molecular flexibility index (Phi) is 5.44. The van der Waals surface area contributed by atoms with Gasteiger partial charge in [-0.15, -0.1) is 11.6 Å². The number of aryl methyl sites for hydroxylation is 1. The summed E-state index contributed by atoms with van der Waals surface area (Å²) in [4.78, 5) is 13.6. The van der Waals surface area contributed by atoms with Crippen molar-refractivity contribution in [3.63, 3.8) is 0 Å². The van der Waals surface area contributed by atoms with Gasteiger partial charge in [0.15, 0.2) is 0 Å². The number of nitrogens with zero attached hydrogens (tertiary/aromatic N) is 1. The molecule has 1 aromatic rings. The van der Waals surface area contributed by atoms with Crippen LogP contribution in [0.1, 0.15) is 15.9 Å². The van der Waals surface area contributed by atoms with Gasteiger partial charge in [0.1, 0.15) is 5.75 Å². The molecule has 0 aliphatic rings. The lowest BCUT2D eigenvalue weighted by atomic mass is 10.1. The second kappa shape index (κ2) is 6.61. The average Bonchev–Trinajstić information content (AvgIpc) is 2.32. The molecule has 0 aliphatic carbocycles. The molecule has 4 nitrogen and oxygen atoms in total. The minimum absolute atomic E-state index is 0.119. The second-order valence-electron chi connectivity index (χ2n) is 4.24. The fourth-order valence-corrected chi connectivity index (χ4v) is 1.91. The van der Waals surface area contributed by atoms with Crippen molar-refractivity contribution in [2.75, 3.05) is 27.3 Å². The Balaban J connectivity index is 2.71. The van der Waals surface area contributed by atoms with Gasteiger partial charge in [-0.25, -0.2) is 0 Å². The standard InChI is InChI=1S/C13H18ClNO3/c1-9-4-5-10(6-12(9)16)13(17)15(2)7-11(14)8-18-3/h4-6,11,16H,7-8H2,1-3H3. The van der Waals surface area contributed by atoms with Crippen molar-refractivity contribution in [2.24, 2.45) is 0 Å². The first kappa shape index (κ1) is 14.8. The summed E-state index contributed by atoms with van der Waals surface area (Å²) in [6.45, 7) is 2.56. The average molecular weight is 272 g/mol. The van der Waals surface area contributed by atoms with Crippen LogP contribution in [0.25, 0.3) is 0 Å². The first-order chi connectivity index (χ1) is 8.45. The number of aromatic hydroxyl groups is 1. The van der Waals surface area contributed by atoms with Crippen molar-refractivity contribution in [3.05, 3.63) is 29.3 Å². The van der Waals surface area contributed by atoms with E-state index in [4.69, 9.17) is 16.3 Å². The van der Waals surface area contributed by atoms with Crippen LogP contribution in [0.2, 0.25) is 0 Å². The van der Waals surface area contributed by atoms with Crippen LogP contribution in [0, 0.1) is 6.92 Å². The van der Waals surface area contributed by atoms with Crippen LogP contribution in [0.4, 0.5) is 0 Å². The molecule has 1 N–H and O–H groups in total. The molecule has 0 aromatic heterocycles. The molecule has 0 bridgehead atoms. The van der Waals surface area contributed by atoms with E-state index in [1.807, 2.05) is 0 Å². The Morgan fingerprint density at radius 2 is 2.22 bits per heavy atom. The van der Waals surface area contributed by atoms with Crippen LogP contribution >= 0.6 is 11.6 Å². The van der Waals surface area contributed by atoms with Crippen LogP contribution < -0.4 is 0 Å².